The molecule has 1 fully saturated rings. The molecule has 0 aromatic heterocycles. The summed E-state index contributed by atoms with van der Waals surface area (Å²) in [5, 5.41) is 14.5. The van der Waals surface area contributed by atoms with E-state index in [0.29, 0.717) is 49.0 Å². The van der Waals surface area contributed by atoms with Crippen LogP contribution in [-0.4, -0.2) is 42.2 Å². The second kappa shape index (κ2) is 10.8. The number of hydrogen-bond donors (Lipinski definition) is 2. The number of carbonyl (C=O) groups excluding carboxylic acids is 2. The lowest BCUT2D eigenvalue weighted by atomic mass is 9.84. The van der Waals surface area contributed by atoms with E-state index >= 15 is 0 Å². The maximum atomic E-state index is 12.9. The van der Waals surface area contributed by atoms with Crippen molar-refractivity contribution in [1.29, 1.82) is 0 Å². The molecule has 182 valence electrons. The molecule has 1 saturated heterocycles. The summed E-state index contributed by atoms with van der Waals surface area (Å²) in [5.41, 5.74) is 1.41. The molecule has 0 aliphatic carbocycles. The van der Waals surface area contributed by atoms with E-state index in [4.69, 9.17) is 21.1 Å². The van der Waals surface area contributed by atoms with Gasteiger partial charge in [0.05, 0.1) is 12.7 Å². The number of methoxy groups -OCH3 is 1. The van der Waals surface area contributed by atoms with Crippen LogP contribution >= 0.6 is 11.6 Å². The van der Waals surface area contributed by atoms with E-state index in [1.165, 1.54) is 13.2 Å². The molecule has 2 N–H and O–H groups in total. The molecule has 3 aromatic rings. The van der Waals surface area contributed by atoms with Crippen molar-refractivity contribution in [2.45, 2.75) is 25.0 Å². The van der Waals surface area contributed by atoms with Crippen molar-refractivity contribution in [3.8, 4) is 5.75 Å². The van der Waals surface area contributed by atoms with Gasteiger partial charge in [0.1, 0.15) is 17.9 Å². The van der Waals surface area contributed by atoms with Crippen molar-refractivity contribution in [2.24, 2.45) is 0 Å². The van der Waals surface area contributed by atoms with E-state index in [2.05, 4.69) is 5.32 Å². The van der Waals surface area contributed by atoms with E-state index in [0.717, 1.165) is 11.1 Å². The Morgan fingerprint density at radius 3 is 2.37 bits per heavy atom. The van der Waals surface area contributed by atoms with Crippen LogP contribution < -0.4 is 10.1 Å². The van der Waals surface area contributed by atoms with Crippen molar-refractivity contribution in [3.63, 3.8) is 0 Å². The van der Waals surface area contributed by atoms with Gasteiger partial charge in [0.15, 0.2) is 0 Å². The number of urea groups is 1. The minimum Gasteiger partial charge on any atom is -0.488 e. The third-order valence-corrected chi connectivity index (χ3v) is 6.38. The quantitative estimate of drug-likeness (QED) is 0.459. The summed E-state index contributed by atoms with van der Waals surface area (Å²) in [6, 6.07) is 21.3. The smallest absolute Gasteiger partial charge is 0.341 e. The highest BCUT2D eigenvalue weighted by atomic mass is 35.5. The molecular formula is C27H27ClN2O5. The second-order valence-electron chi connectivity index (χ2n) is 8.43. The monoisotopic (exact) mass is 494 g/mol. The van der Waals surface area contributed by atoms with Gasteiger partial charge in [-0.05, 0) is 54.3 Å². The SMILES string of the molecule is COC(=O)c1cc(NC(=O)N2CCC(O)(c3ccc(Cl)cc3)CC2)ccc1OCc1ccccc1. The second-order valence-corrected chi connectivity index (χ2v) is 8.87. The van der Waals surface area contributed by atoms with Gasteiger partial charge in [-0.15, -0.1) is 0 Å². The van der Waals surface area contributed by atoms with Crippen molar-refractivity contribution >= 4 is 29.3 Å². The van der Waals surface area contributed by atoms with Crippen LogP contribution in [0.2, 0.25) is 5.02 Å². The van der Waals surface area contributed by atoms with Crippen LogP contribution in [0.5, 0.6) is 5.75 Å². The van der Waals surface area contributed by atoms with Gasteiger partial charge in [0.2, 0.25) is 0 Å². The number of halogens is 1. The molecule has 2 amide bonds. The summed E-state index contributed by atoms with van der Waals surface area (Å²) in [6.07, 6.45) is 0.809. The van der Waals surface area contributed by atoms with Crippen molar-refractivity contribution < 1.29 is 24.2 Å². The molecule has 35 heavy (non-hydrogen) atoms. The maximum Gasteiger partial charge on any atom is 0.341 e. The van der Waals surface area contributed by atoms with E-state index in [1.807, 2.05) is 42.5 Å². The number of rotatable bonds is 6. The van der Waals surface area contributed by atoms with Gasteiger partial charge in [0.25, 0.3) is 0 Å². The summed E-state index contributed by atoms with van der Waals surface area (Å²) < 4.78 is 10.7. The zero-order chi connectivity index (χ0) is 24.8. The summed E-state index contributed by atoms with van der Waals surface area (Å²) in [4.78, 5) is 26.9. The number of aliphatic hydroxyl groups is 1. The van der Waals surface area contributed by atoms with Gasteiger partial charge in [-0.3, -0.25) is 0 Å². The van der Waals surface area contributed by atoms with Crippen molar-refractivity contribution in [1.82, 2.24) is 4.90 Å². The Labute approximate surface area is 209 Å². The molecule has 0 unspecified atom stereocenters. The number of esters is 1. The summed E-state index contributed by atoms with van der Waals surface area (Å²) >= 11 is 5.95. The zero-order valence-corrected chi connectivity index (χ0v) is 20.1. The molecule has 8 heteroatoms. The number of nitrogens with one attached hydrogen (secondary N) is 1. The van der Waals surface area contributed by atoms with Crippen LogP contribution in [0.4, 0.5) is 10.5 Å². The van der Waals surface area contributed by atoms with E-state index in [-0.39, 0.29) is 11.6 Å². The molecule has 0 spiro atoms. The first kappa shape index (κ1) is 24.6. The third-order valence-electron chi connectivity index (χ3n) is 6.13. The molecule has 0 radical (unpaired) electrons. The highest BCUT2D eigenvalue weighted by Gasteiger charge is 2.35. The molecule has 4 rings (SSSR count). The minimum absolute atomic E-state index is 0.219. The molecule has 0 bridgehead atoms. The van der Waals surface area contributed by atoms with E-state index in [1.54, 1.807) is 29.2 Å². The number of hydrogen-bond acceptors (Lipinski definition) is 5. The zero-order valence-electron chi connectivity index (χ0n) is 19.4. The molecule has 0 atom stereocenters. The molecule has 7 nitrogen and oxygen atoms in total. The first-order valence-electron chi connectivity index (χ1n) is 11.3. The Hall–Kier alpha value is -3.55. The normalized spacial score (nSPS) is 14.8. The lowest BCUT2D eigenvalue weighted by Gasteiger charge is -2.38. The van der Waals surface area contributed by atoms with Crippen LogP contribution in [-0.2, 0) is 16.9 Å². The molecule has 1 aliphatic heterocycles. The summed E-state index contributed by atoms with van der Waals surface area (Å²) in [6.45, 7) is 1.06. The molecule has 3 aromatic carbocycles. The van der Waals surface area contributed by atoms with Crippen LogP contribution in [0, 0.1) is 0 Å². The van der Waals surface area contributed by atoms with Gasteiger partial charge in [-0.2, -0.15) is 0 Å². The Kier molecular flexibility index (Phi) is 7.58. The number of ether oxygens (including phenoxy) is 2. The predicted molar refractivity (Wildman–Crippen MR) is 134 cm³/mol. The minimum atomic E-state index is -1.00. The Bertz CT molecular complexity index is 1180. The molecule has 0 saturated carbocycles. The van der Waals surface area contributed by atoms with Gasteiger partial charge >= 0.3 is 12.0 Å². The number of piperidine rings is 1. The van der Waals surface area contributed by atoms with Gasteiger partial charge in [-0.25, -0.2) is 9.59 Å². The lowest BCUT2D eigenvalue weighted by molar-refractivity contribution is -0.0157. The highest BCUT2D eigenvalue weighted by Crippen LogP contribution is 2.34. The fourth-order valence-corrected chi connectivity index (χ4v) is 4.20. The average molecular weight is 495 g/mol. The summed E-state index contributed by atoms with van der Waals surface area (Å²) in [7, 11) is 1.30. The predicted octanol–water partition coefficient (Wildman–Crippen LogP) is 5.22. The van der Waals surface area contributed by atoms with Crippen LogP contribution in [0.1, 0.15) is 34.3 Å². The number of amides is 2. The first-order valence-corrected chi connectivity index (χ1v) is 11.7. The highest BCUT2D eigenvalue weighted by molar-refractivity contribution is 6.30. The topological polar surface area (TPSA) is 88.1 Å². The number of nitrogens with zero attached hydrogens (tertiary/aromatic N) is 1. The maximum absolute atomic E-state index is 12.9. The number of likely N-dealkylation sites (tertiary alicyclic amines) is 1. The van der Waals surface area contributed by atoms with Crippen LogP contribution in [0.15, 0.2) is 72.8 Å². The number of benzene rings is 3. The Balaban J connectivity index is 1.40. The van der Waals surface area contributed by atoms with Crippen LogP contribution in [0.3, 0.4) is 0 Å². The van der Waals surface area contributed by atoms with Crippen molar-refractivity contribution in [3.05, 3.63) is 94.5 Å². The number of anilines is 1. The molecule has 1 heterocycles. The van der Waals surface area contributed by atoms with Crippen molar-refractivity contribution in [2.75, 3.05) is 25.5 Å². The molecule has 1 aliphatic rings. The number of carbonyl (C=O) groups is 2. The average Bonchev–Trinajstić information content (AvgIpc) is 2.88. The standard InChI is InChI=1S/C27H27ClN2O5/c1-34-25(31)23-17-22(11-12-24(23)35-18-19-5-3-2-4-6-19)29-26(32)30-15-13-27(33,14-16-30)20-7-9-21(28)10-8-20/h2-12,17,33H,13-16,18H2,1H3,(H,29,32). The fraction of sp³-hybridized carbons (Fsp3) is 0.259. The van der Waals surface area contributed by atoms with Gasteiger partial charge in [-0.1, -0.05) is 54.1 Å². The summed E-state index contributed by atoms with van der Waals surface area (Å²) in [5.74, 6) is -0.195. The first-order chi connectivity index (χ1) is 16.9. The van der Waals surface area contributed by atoms with E-state index in [9.17, 15) is 14.7 Å². The largest absolute Gasteiger partial charge is 0.488 e. The fourth-order valence-electron chi connectivity index (χ4n) is 4.07. The third kappa shape index (κ3) is 5.93. The van der Waals surface area contributed by atoms with Crippen LogP contribution in [0.25, 0.3) is 0 Å². The lowest BCUT2D eigenvalue weighted by Crippen LogP contribution is -2.46. The van der Waals surface area contributed by atoms with Gasteiger partial charge in [0, 0.05) is 23.8 Å². The molecular weight excluding hydrogens is 468 g/mol. The Morgan fingerprint density at radius 2 is 1.71 bits per heavy atom. The van der Waals surface area contributed by atoms with Gasteiger partial charge < -0.3 is 24.8 Å². The Morgan fingerprint density at radius 1 is 1.03 bits per heavy atom. The van der Waals surface area contributed by atoms with E-state index < -0.39 is 11.6 Å².